The molecular weight excluding hydrogens is 576 g/mol. The third kappa shape index (κ3) is 7.25. The van der Waals surface area contributed by atoms with Gasteiger partial charge in [-0.3, -0.25) is 14.3 Å². The number of ether oxygens (including phenoxy) is 3. The lowest BCUT2D eigenvalue weighted by molar-refractivity contribution is 0.118. The number of rotatable bonds is 14. The van der Waals surface area contributed by atoms with Gasteiger partial charge in [-0.2, -0.15) is 0 Å². The number of nitrogens with zero attached hydrogens (tertiary/aromatic N) is 5. The average molecular weight is 607 g/mol. The lowest BCUT2D eigenvalue weighted by Gasteiger charge is -2.19. The van der Waals surface area contributed by atoms with Crippen molar-refractivity contribution < 1.29 is 18.6 Å². The molecule has 0 spiro atoms. The lowest BCUT2D eigenvalue weighted by atomic mass is 10.2. The van der Waals surface area contributed by atoms with E-state index in [1.165, 1.54) is 35.5 Å². The maximum atomic E-state index is 13.5. The van der Waals surface area contributed by atoms with Crippen molar-refractivity contribution in [3.8, 4) is 28.0 Å². The summed E-state index contributed by atoms with van der Waals surface area (Å²) in [6.07, 6.45) is 2.55. The summed E-state index contributed by atoms with van der Waals surface area (Å²) >= 11 is 2.97. The molecule has 0 aliphatic heterocycles. The number of aromatic nitrogens is 5. The van der Waals surface area contributed by atoms with Gasteiger partial charge in [0.15, 0.2) is 10.8 Å². The van der Waals surface area contributed by atoms with Gasteiger partial charge < -0.3 is 14.2 Å². The molecule has 1 atom stereocenters. The van der Waals surface area contributed by atoms with Crippen molar-refractivity contribution in [3.05, 3.63) is 95.0 Å². The van der Waals surface area contributed by atoms with Crippen LogP contribution in [0.4, 0.5) is 10.3 Å². The first-order valence-corrected chi connectivity index (χ1v) is 15.0. The molecule has 0 fully saturated rings. The minimum Gasteiger partial charge on any atom is -0.494 e. The van der Waals surface area contributed by atoms with Gasteiger partial charge in [0.1, 0.15) is 23.0 Å². The Bertz CT molecular complexity index is 1560. The summed E-state index contributed by atoms with van der Waals surface area (Å²) < 4.78 is 36.2. The quantitative estimate of drug-likeness (QED) is 0.112. The summed E-state index contributed by atoms with van der Waals surface area (Å²) in [6, 6.07) is 18.8. The van der Waals surface area contributed by atoms with Crippen LogP contribution in [0.3, 0.4) is 0 Å². The number of nitrogens with one attached hydrogen (secondary N) is 1. The second kappa shape index (κ2) is 14.3. The van der Waals surface area contributed by atoms with E-state index in [2.05, 4.69) is 24.9 Å². The molecule has 5 rings (SSSR count). The summed E-state index contributed by atoms with van der Waals surface area (Å²) in [5.41, 5.74) is 3.44. The topological polar surface area (TPSA) is 96.2 Å². The normalized spacial score (nSPS) is 11.8. The van der Waals surface area contributed by atoms with E-state index in [9.17, 15) is 4.39 Å². The maximum absolute atomic E-state index is 13.5. The lowest BCUT2D eigenvalue weighted by Crippen LogP contribution is -2.15. The number of methoxy groups -OCH3 is 2. The molecule has 3 heterocycles. The molecule has 12 heteroatoms. The molecular formula is C30H31FN6O3S2. The minimum atomic E-state index is -0.365. The largest absolute Gasteiger partial charge is 0.494 e. The van der Waals surface area contributed by atoms with Crippen molar-refractivity contribution >= 4 is 29.2 Å². The van der Waals surface area contributed by atoms with Gasteiger partial charge in [0.2, 0.25) is 5.95 Å². The number of pyridine rings is 1. The molecule has 0 aliphatic carbocycles. The molecule has 0 amide bonds. The highest BCUT2D eigenvalue weighted by atomic mass is 32.2. The molecule has 0 saturated carbocycles. The Morgan fingerprint density at radius 3 is 2.45 bits per heavy atom. The van der Waals surface area contributed by atoms with E-state index < -0.39 is 0 Å². The van der Waals surface area contributed by atoms with Crippen molar-refractivity contribution in [2.45, 2.75) is 31.6 Å². The number of hydrogen-bond acceptors (Lipinski definition) is 10. The standard InChI is InChI=1S/C30H31FN6O3S2/c1-20-19-41-29(33-20)28-34-35-30(37(28)27-25(38-2)10-7-11-26(27)39-3)36-42-24(16-23-13-12-22(31)17-32-23)14-15-40-18-21-8-5-4-6-9-21/h4-13,17,19,24H,14-16,18H2,1-3H3,(H,35,36). The molecule has 0 aliphatic rings. The number of halogens is 1. The zero-order valence-corrected chi connectivity index (χ0v) is 25.1. The van der Waals surface area contributed by atoms with Crippen LogP contribution < -0.4 is 14.2 Å². The molecule has 1 unspecified atom stereocenters. The molecule has 42 heavy (non-hydrogen) atoms. The molecule has 218 valence electrons. The predicted octanol–water partition coefficient (Wildman–Crippen LogP) is 6.53. The highest BCUT2D eigenvalue weighted by molar-refractivity contribution is 8.01. The fraction of sp³-hybridized carbons (Fsp3) is 0.267. The summed E-state index contributed by atoms with van der Waals surface area (Å²) in [5, 5.41) is 11.7. The Hall–Kier alpha value is -4.00. The number of aryl methyl sites for hydroxylation is 1. The minimum absolute atomic E-state index is 0.0222. The van der Waals surface area contributed by atoms with Crippen LogP contribution in [0.25, 0.3) is 16.5 Å². The van der Waals surface area contributed by atoms with Gasteiger partial charge in [-0.05, 0) is 55.1 Å². The molecule has 2 aromatic carbocycles. The number of anilines is 1. The van der Waals surface area contributed by atoms with E-state index in [0.717, 1.165) is 17.0 Å². The molecule has 0 saturated heterocycles. The third-order valence-corrected chi connectivity index (χ3v) is 8.33. The summed E-state index contributed by atoms with van der Waals surface area (Å²) in [6.45, 7) is 3.00. The molecule has 1 N–H and O–H groups in total. The van der Waals surface area contributed by atoms with Crippen molar-refractivity contribution in [3.63, 3.8) is 0 Å². The maximum Gasteiger partial charge on any atom is 0.239 e. The molecule has 5 aromatic rings. The van der Waals surface area contributed by atoms with Gasteiger partial charge in [-0.25, -0.2) is 9.37 Å². The van der Waals surface area contributed by atoms with Crippen LogP contribution in [-0.2, 0) is 17.8 Å². The average Bonchev–Trinajstić information content (AvgIpc) is 3.64. The first-order chi connectivity index (χ1) is 20.6. The Balaban J connectivity index is 1.41. The van der Waals surface area contributed by atoms with Gasteiger partial charge in [-0.15, -0.1) is 21.5 Å². The van der Waals surface area contributed by atoms with Crippen LogP contribution in [0.15, 0.2) is 72.2 Å². The summed E-state index contributed by atoms with van der Waals surface area (Å²) in [7, 11) is 3.22. The first kappa shape index (κ1) is 29.5. The fourth-order valence-corrected chi connectivity index (χ4v) is 5.93. The predicted molar refractivity (Wildman–Crippen MR) is 164 cm³/mol. The summed E-state index contributed by atoms with van der Waals surface area (Å²) in [4.78, 5) is 8.92. The Labute approximate surface area is 252 Å². The Morgan fingerprint density at radius 1 is 1.00 bits per heavy atom. The second-order valence-corrected chi connectivity index (χ2v) is 11.3. The van der Waals surface area contributed by atoms with Gasteiger partial charge in [0.05, 0.1) is 27.0 Å². The summed E-state index contributed by atoms with van der Waals surface area (Å²) in [5.74, 6) is 1.86. The third-order valence-electron chi connectivity index (χ3n) is 6.34. The van der Waals surface area contributed by atoms with Crippen LogP contribution in [0.1, 0.15) is 23.4 Å². The number of hydrogen-bond donors (Lipinski definition) is 1. The van der Waals surface area contributed by atoms with E-state index in [0.29, 0.717) is 60.0 Å². The van der Waals surface area contributed by atoms with Crippen LogP contribution >= 0.6 is 23.3 Å². The Morgan fingerprint density at radius 2 is 1.79 bits per heavy atom. The molecule has 3 aromatic heterocycles. The first-order valence-electron chi connectivity index (χ1n) is 13.3. The fourth-order valence-electron chi connectivity index (χ4n) is 4.29. The molecule has 0 bridgehead atoms. The van der Waals surface area contributed by atoms with Crippen LogP contribution in [0, 0.1) is 12.7 Å². The van der Waals surface area contributed by atoms with Crippen LogP contribution in [0.2, 0.25) is 0 Å². The second-order valence-electron chi connectivity index (χ2n) is 9.33. The monoisotopic (exact) mass is 606 g/mol. The van der Waals surface area contributed by atoms with Crippen molar-refractivity contribution in [2.75, 3.05) is 25.5 Å². The zero-order valence-electron chi connectivity index (χ0n) is 23.5. The highest BCUT2D eigenvalue weighted by Gasteiger charge is 2.25. The van der Waals surface area contributed by atoms with Crippen LogP contribution in [-0.4, -0.2) is 50.8 Å². The number of thiazole rings is 1. The van der Waals surface area contributed by atoms with Crippen LogP contribution in [0.5, 0.6) is 11.5 Å². The van der Waals surface area contributed by atoms with E-state index in [1.54, 1.807) is 20.3 Å². The number of para-hydroxylation sites is 1. The number of benzene rings is 2. The van der Waals surface area contributed by atoms with Gasteiger partial charge >= 0.3 is 0 Å². The van der Waals surface area contributed by atoms with E-state index in [4.69, 9.17) is 14.2 Å². The van der Waals surface area contributed by atoms with Gasteiger partial charge in [0, 0.05) is 35.0 Å². The van der Waals surface area contributed by atoms with Gasteiger partial charge in [0.25, 0.3) is 0 Å². The van der Waals surface area contributed by atoms with Crippen molar-refractivity contribution in [2.24, 2.45) is 0 Å². The highest BCUT2D eigenvalue weighted by Crippen LogP contribution is 2.39. The van der Waals surface area contributed by atoms with E-state index in [1.807, 2.05) is 65.4 Å². The van der Waals surface area contributed by atoms with Crippen molar-refractivity contribution in [1.82, 2.24) is 24.7 Å². The SMILES string of the molecule is COc1cccc(OC)c1-n1c(NSC(CCOCc2ccccc2)Cc2ccc(F)cn2)nnc1-c1nc(C)cs1. The Kier molecular flexibility index (Phi) is 10.0. The smallest absolute Gasteiger partial charge is 0.239 e. The van der Waals surface area contributed by atoms with Gasteiger partial charge in [-0.1, -0.05) is 36.4 Å². The van der Waals surface area contributed by atoms with Crippen molar-refractivity contribution in [1.29, 1.82) is 0 Å². The zero-order chi connectivity index (χ0) is 29.3. The molecule has 9 nitrogen and oxygen atoms in total. The van der Waals surface area contributed by atoms with E-state index in [-0.39, 0.29) is 11.1 Å². The molecule has 0 radical (unpaired) electrons. The van der Waals surface area contributed by atoms with E-state index >= 15 is 0 Å².